The molecule has 0 saturated heterocycles. The Morgan fingerprint density at radius 3 is 2.59 bits per heavy atom. The van der Waals surface area contributed by atoms with E-state index in [1.165, 1.54) is 23.1 Å². The van der Waals surface area contributed by atoms with Crippen LogP contribution >= 0.6 is 34.9 Å². The second-order valence-electron chi connectivity index (χ2n) is 4.18. The number of anilines is 1. The number of carbonyl (C=O) groups excluding carboxylic acids is 1. The van der Waals surface area contributed by atoms with Crippen LogP contribution in [-0.2, 0) is 4.79 Å². The van der Waals surface area contributed by atoms with Crippen LogP contribution in [0.15, 0.2) is 51.7 Å². The van der Waals surface area contributed by atoms with Crippen molar-refractivity contribution < 1.29 is 4.79 Å². The van der Waals surface area contributed by atoms with Crippen molar-refractivity contribution in [3.8, 4) is 0 Å². The minimum absolute atomic E-state index is 0.0380. The zero-order chi connectivity index (χ0) is 15.8. The maximum absolute atomic E-state index is 12.4. The van der Waals surface area contributed by atoms with E-state index in [1.807, 2.05) is 30.3 Å². The van der Waals surface area contributed by atoms with Crippen LogP contribution in [0.3, 0.4) is 0 Å². The van der Waals surface area contributed by atoms with Gasteiger partial charge in [0.2, 0.25) is 5.91 Å². The molecule has 2 aromatic rings. The van der Waals surface area contributed by atoms with Gasteiger partial charge in [-0.3, -0.25) is 4.79 Å². The van der Waals surface area contributed by atoms with E-state index in [9.17, 15) is 4.79 Å². The lowest BCUT2D eigenvalue weighted by Gasteiger charge is -2.20. The highest BCUT2D eigenvalue weighted by Gasteiger charge is 2.15. The summed E-state index contributed by atoms with van der Waals surface area (Å²) in [6.07, 6.45) is 1.73. The molecule has 0 spiro atoms. The first-order valence-electron chi connectivity index (χ1n) is 6.80. The SMILES string of the molecule is C=CCN(C(=O)CSc1nnc(SCC)s1)c1ccccc1. The molecule has 0 radical (unpaired) electrons. The summed E-state index contributed by atoms with van der Waals surface area (Å²) in [6, 6.07) is 9.62. The van der Waals surface area contributed by atoms with E-state index in [0.717, 1.165) is 20.1 Å². The molecule has 0 saturated carbocycles. The van der Waals surface area contributed by atoms with Crippen molar-refractivity contribution >= 4 is 46.5 Å². The van der Waals surface area contributed by atoms with Crippen molar-refractivity contribution in [2.75, 3.05) is 23.0 Å². The summed E-state index contributed by atoms with van der Waals surface area (Å²) >= 11 is 4.63. The Balaban J connectivity index is 1.97. The first kappa shape index (κ1) is 17.1. The van der Waals surface area contributed by atoms with Gasteiger partial charge in [-0.15, -0.1) is 16.8 Å². The van der Waals surface area contributed by atoms with E-state index in [2.05, 4.69) is 23.7 Å². The number of aromatic nitrogens is 2. The van der Waals surface area contributed by atoms with Gasteiger partial charge in [0.25, 0.3) is 0 Å². The van der Waals surface area contributed by atoms with E-state index in [4.69, 9.17) is 0 Å². The largest absolute Gasteiger partial charge is 0.308 e. The van der Waals surface area contributed by atoms with Crippen LogP contribution in [0.1, 0.15) is 6.92 Å². The van der Waals surface area contributed by atoms with Gasteiger partial charge in [-0.25, -0.2) is 0 Å². The highest BCUT2D eigenvalue weighted by Crippen LogP contribution is 2.29. The first-order valence-corrected chi connectivity index (χ1v) is 9.58. The third kappa shape index (κ3) is 4.86. The molecule has 0 unspecified atom stereocenters. The lowest BCUT2D eigenvalue weighted by molar-refractivity contribution is -0.116. The van der Waals surface area contributed by atoms with Gasteiger partial charge in [0, 0.05) is 12.2 Å². The predicted octanol–water partition coefficient (Wildman–Crippen LogP) is 3.96. The molecule has 0 atom stereocenters. The van der Waals surface area contributed by atoms with Crippen molar-refractivity contribution in [1.82, 2.24) is 10.2 Å². The fourth-order valence-electron chi connectivity index (χ4n) is 1.73. The van der Waals surface area contributed by atoms with Gasteiger partial charge in [-0.2, -0.15) is 0 Å². The van der Waals surface area contributed by atoms with E-state index in [1.54, 1.807) is 22.7 Å². The van der Waals surface area contributed by atoms with Crippen molar-refractivity contribution in [3.63, 3.8) is 0 Å². The van der Waals surface area contributed by atoms with Gasteiger partial charge in [-0.1, -0.05) is 66.1 Å². The highest BCUT2D eigenvalue weighted by molar-refractivity contribution is 8.03. The molecule has 2 rings (SSSR count). The predicted molar refractivity (Wildman–Crippen MR) is 96.0 cm³/mol. The van der Waals surface area contributed by atoms with Gasteiger partial charge in [0.15, 0.2) is 8.68 Å². The third-order valence-electron chi connectivity index (χ3n) is 2.66. The number of nitrogens with zero attached hydrogens (tertiary/aromatic N) is 3. The number of hydrogen-bond acceptors (Lipinski definition) is 6. The average molecular weight is 352 g/mol. The molecule has 0 N–H and O–H groups in total. The smallest absolute Gasteiger partial charge is 0.237 e. The van der Waals surface area contributed by atoms with E-state index in [-0.39, 0.29) is 5.91 Å². The second kappa shape index (κ2) is 8.97. The van der Waals surface area contributed by atoms with Crippen LogP contribution < -0.4 is 4.90 Å². The second-order valence-corrected chi connectivity index (χ2v) is 7.90. The van der Waals surface area contributed by atoms with Gasteiger partial charge < -0.3 is 4.90 Å². The third-order valence-corrected chi connectivity index (χ3v) is 5.71. The van der Waals surface area contributed by atoms with E-state index >= 15 is 0 Å². The summed E-state index contributed by atoms with van der Waals surface area (Å²) in [6.45, 7) is 6.30. The molecule has 1 heterocycles. The van der Waals surface area contributed by atoms with Crippen LogP contribution in [-0.4, -0.2) is 34.2 Å². The zero-order valence-corrected chi connectivity index (χ0v) is 14.7. The maximum atomic E-state index is 12.4. The normalized spacial score (nSPS) is 10.4. The van der Waals surface area contributed by atoms with Gasteiger partial charge in [0.05, 0.1) is 5.75 Å². The number of hydrogen-bond donors (Lipinski definition) is 0. The van der Waals surface area contributed by atoms with Crippen LogP contribution in [0.25, 0.3) is 0 Å². The molecule has 0 aliphatic heterocycles. The summed E-state index contributed by atoms with van der Waals surface area (Å²) in [5.41, 5.74) is 0.882. The lowest BCUT2D eigenvalue weighted by Crippen LogP contribution is -2.32. The highest BCUT2D eigenvalue weighted by atomic mass is 32.2. The van der Waals surface area contributed by atoms with Gasteiger partial charge >= 0.3 is 0 Å². The number of amides is 1. The molecule has 7 heteroatoms. The minimum Gasteiger partial charge on any atom is -0.308 e. The minimum atomic E-state index is 0.0380. The van der Waals surface area contributed by atoms with Gasteiger partial charge in [-0.05, 0) is 17.9 Å². The van der Waals surface area contributed by atoms with Crippen LogP contribution in [0, 0.1) is 0 Å². The van der Waals surface area contributed by atoms with Crippen LogP contribution in [0.2, 0.25) is 0 Å². The van der Waals surface area contributed by atoms with Crippen molar-refractivity contribution in [3.05, 3.63) is 43.0 Å². The summed E-state index contributed by atoms with van der Waals surface area (Å²) in [5, 5.41) is 8.20. The zero-order valence-electron chi connectivity index (χ0n) is 12.3. The number of benzene rings is 1. The summed E-state index contributed by atoms with van der Waals surface area (Å²) in [4.78, 5) is 14.2. The molecule has 116 valence electrons. The fourth-order valence-corrected chi connectivity index (χ4v) is 4.52. The molecular weight excluding hydrogens is 334 g/mol. The fraction of sp³-hybridized carbons (Fsp3) is 0.267. The Labute approximate surface area is 143 Å². The standard InChI is InChI=1S/C15H17N3OS3/c1-3-10-18(12-8-6-5-7-9-12)13(19)11-21-15-17-16-14(22-15)20-4-2/h3,5-9H,1,4,10-11H2,2H3. The summed E-state index contributed by atoms with van der Waals surface area (Å²) < 4.78 is 1.78. The van der Waals surface area contributed by atoms with Crippen LogP contribution in [0.4, 0.5) is 5.69 Å². The first-order chi connectivity index (χ1) is 10.7. The molecule has 4 nitrogen and oxygen atoms in total. The Kier molecular flexibility index (Phi) is 6.95. The monoisotopic (exact) mass is 351 g/mol. The molecule has 1 amide bonds. The van der Waals surface area contributed by atoms with Crippen LogP contribution in [0.5, 0.6) is 0 Å². The van der Waals surface area contributed by atoms with E-state index < -0.39 is 0 Å². The molecule has 1 aromatic heterocycles. The molecule has 0 fully saturated rings. The molecule has 1 aromatic carbocycles. The van der Waals surface area contributed by atoms with E-state index in [0.29, 0.717) is 12.3 Å². The molecule has 0 aliphatic carbocycles. The summed E-state index contributed by atoms with van der Waals surface area (Å²) in [7, 11) is 0. The Hall–Kier alpha value is -1.31. The summed E-state index contributed by atoms with van der Waals surface area (Å²) in [5.74, 6) is 1.35. The number of rotatable bonds is 8. The molecule has 0 bridgehead atoms. The topological polar surface area (TPSA) is 46.1 Å². The molecular formula is C15H17N3OS3. The van der Waals surface area contributed by atoms with Gasteiger partial charge in [0.1, 0.15) is 0 Å². The quantitative estimate of drug-likeness (QED) is 0.532. The lowest BCUT2D eigenvalue weighted by atomic mass is 10.3. The molecule has 22 heavy (non-hydrogen) atoms. The Bertz CT molecular complexity index is 616. The number of carbonyl (C=O) groups is 1. The molecule has 0 aliphatic rings. The Morgan fingerprint density at radius 1 is 1.27 bits per heavy atom. The number of thioether (sulfide) groups is 2. The Morgan fingerprint density at radius 2 is 1.95 bits per heavy atom. The van der Waals surface area contributed by atoms with Crippen molar-refractivity contribution in [2.45, 2.75) is 15.6 Å². The average Bonchev–Trinajstić information content (AvgIpc) is 2.99. The van der Waals surface area contributed by atoms with Crippen molar-refractivity contribution in [2.24, 2.45) is 0 Å². The van der Waals surface area contributed by atoms with Crippen molar-refractivity contribution in [1.29, 1.82) is 0 Å². The number of para-hydroxylation sites is 1. The maximum Gasteiger partial charge on any atom is 0.237 e.